The van der Waals surface area contributed by atoms with Gasteiger partial charge in [-0.05, 0) is 43.2 Å². The molecule has 0 heterocycles. The van der Waals surface area contributed by atoms with Crippen molar-refractivity contribution in [3.8, 4) is 23.0 Å². The van der Waals surface area contributed by atoms with Crippen molar-refractivity contribution in [1.29, 1.82) is 0 Å². The number of carbonyl (C=O) groups is 1. The predicted molar refractivity (Wildman–Crippen MR) is 167 cm³/mol. The van der Waals surface area contributed by atoms with Crippen LogP contribution in [0.15, 0.2) is 72.6 Å². The number of azo groups is 2. The van der Waals surface area contributed by atoms with Gasteiger partial charge in [0.1, 0.15) is 34.3 Å². The Hall–Kier alpha value is -4.96. The lowest BCUT2D eigenvalue weighted by Gasteiger charge is -2.12. The van der Waals surface area contributed by atoms with E-state index in [1.807, 2.05) is 0 Å². The maximum Gasteiger partial charge on any atom is 0.397 e. The number of phenols is 2. The van der Waals surface area contributed by atoms with Crippen LogP contribution in [0.25, 0.3) is 0 Å². The largest absolute Gasteiger partial charge is 0.505 e. The Bertz CT molecular complexity index is 2180. The average Bonchev–Trinajstić information content (AvgIpc) is 2.99. The summed E-state index contributed by atoms with van der Waals surface area (Å²) in [6, 6.07) is 5.44. The van der Waals surface area contributed by atoms with E-state index >= 15 is 0 Å². The molecule has 3 rings (SSSR count). The fourth-order valence-electron chi connectivity index (χ4n) is 4.09. The van der Waals surface area contributed by atoms with Gasteiger partial charge in [0.05, 0.1) is 41.9 Å². The topological polar surface area (TPSA) is 278 Å². The molecular weight excluding hydrogens is 701 g/mol. The maximum absolute atomic E-state index is 12.8. The number of aromatic carboxylic acids is 1. The standard InChI is InChI=1S/C27H28N4O14S3/c1-6-46(36,37)22-12-20(43-4)18(9-14(22)2)29-31-25-19(32)11-16(27(34)35)24(26(25)33)30-28-17-10-15(3)23(13-21(17)44-5)47(38,39)8-7-45-48(40,41)42/h6,9-13,32-33H,1,7-8H2,2-5H3,(H,34,35)(H,40,41,42). The minimum Gasteiger partial charge on any atom is -0.505 e. The number of benzene rings is 3. The molecule has 0 atom stereocenters. The highest BCUT2D eigenvalue weighted by atomic mass is 32.3. The third-order valence-corrected chi connectivity index (χ3v) is 10.1. The molecule has 0 aliphatic heterocycles. The highest BCUT2D eigenvalue weighted by Gasteiger charge is 2.25. The van der Waals surface area contributed by atoms with Gasteiger partial charge in [-0.1, -0.05) is 6.58 Å². The van der Waals surface area contributed by atoms with E-state index < -0.39 is 76.8 Å². The zero-order valence-corrected chi connectivity index (χ0v) is 27.9. The van der Waals surface area contributed by atoms with Crippen LogP contribution in [-0.2, 0) is 34.3 Å². The average molecular weight is 729 g/mol. The Labute approximate surface area is 274 Å². The molecule has 0 saturated heterocycles. The Balaban J connectivity index is 2.10. The summed E-state index contributed by atoms with van der Waals surface area (Å²) in [5.74, 6) is -4.50. The SMILES string of the molecule is C=CS(=O)(=O)c1cc(OC)c(N=Nc2c(O)cc(C(=O)O)c(N=Nc3cc(C)c(S(=O)(=O)CCOS(=O)(=O)O)cc3OC)c2O)cc1C. The number of sulfone groups is 2. The second-order valence-electron chi connectivity index (χ2n) is 9.55. The summed E-state index contributed by atoms with van der Waals surface area (Å²) in [5.41, 5.74) is -1.89. The van der Waals surface area contributed by atoms with Crippen LogP contribution in [0.2, 0.25) is 0 Å². The highest BCUT2D eigenvalue weighted by Crippen LogP contribution is 2.48. The highest BCUT2D eigenvalue weighted by molar-refractivity contribution is 7.94. The number of hydrogen-bond acceptors (Lipinski definition) is 16. The molecule has 0 bridgehead atoms. The zero-order chi connectivity index (χ0) is 36.2. The van der Waals surface area contributed by atoms with Crippen LogP contribution in [-0.4, -0.2) is 77.7 Å². The number of phenolic OH excluding ortho intramolecular Hbond substituents is 2. The van der Waals surface area contributed by atoms with Gasteiger partial charge in [0.15, 0.2) is 31.1 Å². The second-order valence-corrected chi connectivity index (χ2v) is 14.6. The molecule has 0 spiro atoms. The Morgan fingerprint density at radius 1 is 0.812 bits per heavy atom. The van der Waals surface area contributed by atoms with Crippen molar-refractivity contribution in [3.63, 3.8) is 0 Å². The number of methoxy groups -OCH3 is 2. The number of carboxylic acid groups (broad SMARTS) is 1. The van der Waals surface area contributed by atoms with E-state index in [-0.39, 0.29) is 43.8 Å². The summed E-state index contributed by atoms with van der Waals surface area (Å²) in [7, 11) is -10.5. The monoisotopic (exact) mass is 728 g/mol. The lowest BCUT2D eigenvalue weighted by molar-refractivity contribution is 0.0696. The molecule has 0 aliphatic carbocycles. The fraction of sp³-hybridized carbons (Fsp3) is 0.222. The second kappa shape index (κ2) is 14.4. The Kier molecular flexibility index (Phi) is 11.3. The number of nitrogens with zero attached hydrogens (tertiary/aromatic N) is 4. The molecule has 0 saturated carbocycles. The van der Waals surface area contributed by atoms with E-state index in [0.717, 1.165) is 24.7 Å². The molecule has 0 amide bonds. The fourth-order valence-corrected chi connectivity index (χ4v) is 6.80. The number of carboxylic acids is 1. The third-order valence-electron chi connectivity index (χ3n) is 6.37. The maximum atomic E-state index is 12.8. The van der Waals surface area contributed by atoms with Gasteiger partial charge in [0.2, 0.25) is 0 Å². The quantitative estimate of drug-likeness (QED) is 0.129. The van der Waals surface area contributed by atoms with Gasteiger partial charge in [0, 0.05) is 17.5 Å². The van der Waals surface area contributed by atoms with Gasteiger partial charge in [-0.2, -0.15) is 8.42 Å². The first-order valence-corrected chi connectivity index (χ1v) is 17.6. The lowest BCUT2D eigenvalue weighted by atomic mass is 10.1. The van der Waals surface area contributed by atoms with Crippen LogP contribution in [0.5, 0.6) is 23.0 Å². The van der Waals surface area contributed by atoms with E-state index in [1.54, 1.807) is 0 Å². The molecule has 0 fully saturated rings. The van der Waals surface area contributed by atoms with Crippen LogP contribution >= 0.6 is 0 Å². The van der Waals surface area contributed by atoms with Crippen molar-refractivity contribution in [1.82, 2.24) is 0 Å². The number of rotatable bonds is 14. The molecular formula is C27H28N4O14S3. The minimum atomic E-state index is -4.88. The van der Waals surface area contributed by atoms with Gasteiger partial charge < -0.3 is 24.8 Å². The normalized spacial score (nSPS) is 12.4. The number of hydrogen-bond donors (Lipinski definition) is 4. The molecule has 18 nitrogen and oxygen atoms in total. The van der Waals surface area contributed by atoms with Crippen molar-refractivity contribution in [3.05, 3.63) is 59.0 Å². The first kappa shape index (κ1) is 37.5. The Morgan fingerprint density at radius 2 is 1.31 bits per heavy atom. The van der Waals surface area contributed by atoms with E-state index in [4.69, 9.17) is 14.0 Å². The molecule has 258 valence electrons. The number of aryl methyl sites for hydroxylation is 2. The van der Waals surface area contributed by atoms with Crippen LogP contribution in [0.3, 0.4) is 0 Å². The Morgan fingerprint density at radius 3 is 1.79 bits per heavy atom. The third kappa shape index (κ3) is 8.49. The van der Waals surface area contributed by atoms with Crippen molar-refractivity contribution < 1.29 is 63.6 Å². The van der Waals surface area contributed by atoms with Gasteiger partial charge in [-0.15, -0.1) is 20.5 Å². The smallest absolute Gasteiger partial charge is 0.397 e. The summed E-state index contributed by atoms with van der Waals surface area (Å²) in [5, 5.41) is 47.4. The van der Waals surface area contributed by atoms with E-state index in [9.17, 15) is 45.4 Å². The zero-order valence-electron chi connectivity index (χ0n) is 25.5. The lowest BCUT2D eigenvalue weighted by Crippen LogP contribution is -2.16. The molecule has 0 aromatic heterocycles. The molecule has 0 aliphatic rings. The summed E-state index contributed by atoms with van der Waals surface area (Å²) in [6.45, 7) is 5.24. The molecule has 0 unspecified atom stereocenters. The molecule has 48 heavy (non-hydrogen) atoms. The van der Waals surface area contributed by atoms with Crippen molar-refractivity contribution >= 4 is 58.8 Å². The first-order chi connectivity index (χ1) is 22.3. The van der Waals surface area contributed by atoms with E-state index in [0.29, 0.717) is 0 Å². The van der Waals surface area contributed by atoms with Crippen LogP contribution in [0.1, 0.15) is 21.5 Å². The van der Waals surface area contributed by atoms with Gasteiger partial charge >= 0.3 is 16.4 Å². The van der Waals surface area contributed by atoms with Gasteiger partial charge in [0.25, 0.3) is 0 Å². The van der Waals surface area contributed by atoms with Crippen LogP contribution < -0.4 is 9.47 Å². The number of ether oxygens (including phenoxy) is 2. The summed E-state index contributed by atoms with van der Waals surface area (Å²) >= 11 is 0. The molecule has 4 N–H and O–H groups in total. The number of aromatic hydroxyl groups is 2. The summed E-state index contributed by atoms with van der Waals surface area (Å²) in [4.78, 5) is 11.5. The molecule has 21 heteroatoms. The molecule has 0 radical (unpaired) electrons. The van der Waals surface area contributed by atoms with Crippen molar-refractivity contribution in [2.24, 2.45) is 20.5 Å². The van der Waals surface area contributed by atoms with Crippen molar-refractivity contribution in [2.45, 2.75) is 23.6 Å². The predicted octanol–water partition coefficient (Wildman–Crippen LogP) is 4.77. The van der Waals surface area contributed by atoms with E-state index in [1.165, 1.54) is 39.2 Å². The van der Waals surface area contributed by atoms with Crippen molar-refractivity contribution in [2.75, 3.05) is 26.6 Å². The van der Waals surface area contributed by atoms with E-state index in [2.05, 4.69) is 31.2 Å². The van der Waals surface area contributed by atoms with Gasteiger partial charge in [-0.3, -0.25) is 4.55 Å². The summed E-state index contributed by atoms with van der Waals surface area (Å²) < 4.78 is 94.9. The van der Waals surface area contributed by atoms with Crippen LogP contribution in [0.4, 0.5) is 22.7 Å². The van der Waals surface area contributed by atoms with Crippen LogP contribution in [0, 0.1) is 13.8 Å². The van der Waals surface area contributed by atoms with Gasteiger partial charge in [-0.25, -0.2) is 25.8 Å². The molecule has 3 aromatic carbocycles. The first-order valence-electron chi connectivity index (χ1n) is 13.0. The minimum absolute atomic E-state index is 0.0258. The summed E-state index contributed by atoms with van der Waals surface area (Å²) in [6.07, 6.45) is 0. The molecule has 3 aromatic rings.